The van der Waals surface area contributed by atoms with Gasteiger partial charge in [0.1, 0.15) is 10.7 Å². The standard InChI is InChI=1S/C12H25N5O2S/c1-4-17(5-2)9-7-6-8-15-20(18,19)11-10-14-16(3)12(11)13/h10,15H,4-9,13H2,1-3H3. The van der Waals surface area contributed by atoms with E-state index in [9.17, 15) is 8.42 Å². The Balaban J connectivity index is 2.40. The summed E-state index contributed by atoms with van der Waals surface area (Å²) in [6.45, 7) is 7.69. The molecular formula is C12H25N5O2S. The number of aryl methyl sites for hydroxylation is 1. The summed E-state index contributed by atoms with van der Waals surface area (Å²) in [6.07, 6.45) is 3.04. The molecule has 0 unspecified atom stereocenters. The van der Waals surface area contributed by atoms with Crippen LogP contribution < -0.4 is 10.5 Å². The third-order valence-corrected chi connectivity index (χ3v) is 4.80. The number of hydrogen-bond acceptors (Lipinski definition) is 5. The number of nitrogen functional groups attached to an aromatic ring is 1. The van der Waals surface area contributed by atoms with Gasteiger partial charge in [-0.15, -0.1) is 0 Å². The van der Waals surface area contributed by atoms with Crippen molar-refractivity contribution in [2.45, 2.75) is 31.6 Å². The zero-order valence-corrected chi connectivity index (χ0v) is 13.3. The predicted octanol–water partition coefficient (Wildman–Crippen LogP) is 0.403. The summed E-state index contributed by atoms with van der Waals surface area (Å²) in [5.41, 5.74) is 5.67. The summed E-state index contributed by atoms with van der Waals surface area (Å²) in [5.74, 6) is 0.153. The molecule has 3 N–H and O–H groups in total. The van der Waals surface area contributed by atoms with Gasteiger partial charge >= 0.3 is 0 Å². The molecular weight excluding hydrogens is 278 g/mol. The van der Waals surface area contributed by atoms with Crippen molar-refractivity contribution >= 4 is 15.8 Å². The Kier molecular flexibility index (Phi) is 6.44. The van der Waals surface area contributed by atoms with Crippen LogP contribution in [0.25, 0.3) is 0 Å². The van der Waals surface area contributed by atoms with Crippen LogP contribution in [-0.4, -0.2) is 49.3 Å². The molecule has 0 aliphatic rings. The maximum absolute atomic E-state index is 12.0. The summed E-state index contributed by atoms with van der Waals surface area (Å²) < 4.78 is 27.9. The Morgan fingerprint density at radius 2 is 2.00 bits per heavy atom. The highest BCUT2D eigenvalue weighted by atomic mass is 32.2. The third-order valence-electron chi connectivity index (χ3n) is 3.33. The van der Waals surface area contributed by atoms with Crippen LogP contribution in [0, 0.1) is 0 Å². The second-order valence-corrected chi connectivity index (χ2v) is 6.38. The molecule has 8 heteroatoms. The van der Waals surface area contributed by atoms with E-state index in [0.29, 0.717) is 6.54 Å². The Labute approximate surface area is 121 Å². The van der Waals surface area contributed by atoms with Gasteiger partial charge in [0.25, 0.3) is 0 Å². The van der Waals surface area contributed by atoms with Gasteiger partial charge in [0.05, 0.1) is 6.20 Å². The van der Waals surface area contributed by atoms with E-state index in [4.69, 9.17) is 5.73 Å². The summed E-state index contributed by atoms with van der Waals surface area (Å²) >= 11 is 0. The first kappa shape index (κ1) is 16.9. The highest BCUT2D eigenvalue weighted by Gasteiger charge is 2.19. The molecule has 0 bridgehead atoms. The van der Waals surface area contributed by atoms with Crippen LogP contribution in [0.2, 0.25) is 0 Å². The Morgan fingerprint density at radius 1 is 1.35 bits per heavy atom. The average molecular weight is 303 g/mol. The smallest absolute Gasteiger partial charge is 0.245 e. The monoisotopic (exact) mass is 303 g/mol. The van der Waals surface area contributed by atoms with Crippen molar-refractivity contribution in [3.8, 4) is 0 Å². The number of aromatic nitrogens is 2. The normalized spacial score (nSPS) is 12.2. The van der Waals surface area contributed by atoms with E-state index in [1.54, 1.807) is 7.05 Å². The van der Waals surface area contributed by atoms with E-state index in [0.717, 1.165) is 32.5 Å². The molecule has 0 saturated carbocycles. The maximum Gasteiger partial charge on any atom is 0.245 e. The number of unbranched alkanes of at least 4 members (excludes halogenated alkanes) is 1. The molecule has 0 fully saturated rings. The zero-order chi connectivity index (χ0) is 15.2. The fourth-order valence-corrected chi connectivity index (χ4v) is 3.08. The van der Waals surface area contributed by atoms with E-state index in [1.807, 2.05) is 0 Å². The molecule has 0 aliphatic heterocycles. The van der Waals surface area contributed by atoms with Gasteiger partial charge < -0.3 is 10.6 Å². The highest BCUT2D eigenvalue weighted by molar-refractivity contribution is 7.89. The van der Waals surface area contributed by atoms with Crippen LogP contribution >= 0.6 is 0 Å². The molecule has 0 aliphatic carbocycles. The molecule has 0 aromatic carbocycles. The van der Waals surface area contributed by atoms with Crippen molar-refractivity contribution in [2.75, 3.05) is 31.9 Å². The number of nitrogens with one attached hydrogen (secondary N) is 1. The molecule has 0 radical (unpaired) electrons. The number of nitrogens with zero attached hydrogens (tertiary/aromatic N) is 3. The first-order valence-corrected chi connectivity index (χ1v) is 8.40. The fourth-order valence-electron chi connectivity index (χ4n) is 1.92. The lowest BCUT2D eigenvalue weighted by Crippen LogP contribution is -2.27. The van der Waals surface area contributed by atoms with Crippen molar-refractivity contribution in [2.24, 2.45) is 7.05 Å². The minimum absolute atomic E-state index is 0.0451. The van der Waals surface area contributed by atoms with Crippen molar-refractivity contribution in [3.05, 3.63) is 6.20 Å². The maximum atomic E-state index is 12.0. The average Bonchev–Trinajstić information content (AvgIpc) is 2.75. The van der Waals surface area contributed by atoms with E-state index < -0.39 is 10.0 Å². The topological polar surface area (TPSA) is 93.2 Å². The first-order valence-electron chi connectivity index (χ1n) is 6.91. The van der Waals surface area contributed by atoms with Crippen LogP contribution in [-0.2, 0) is 17.1 Å². The second kappa shape index (κ2) is 7.61. The largest absolute Gasteiger partial charge is 0.383 e. The van der Waals surface area contributed by atoms with E-state index in [1.165, 1.54) is 10.9 Å². The van der Waals surface area contributed by atoms with Gasteiger partial charge in [0, 0.05) is 13.6 Å². The van der Waals surface area contributed by atoms with Gasteiger partial charge in [-0.25, -0.2) is 13.1 Å². The van der Waals surface area contributed by atoms with Crippen LogP contribution in [0.5, 0.6) is 0 Å². The van der Waals surface area contributed by atoms with Crippen LogP contribution in [0.1, 0.15) is 26.7 Å². The van der Waals surface area contributed by atoms with E-state index in [-0.39, 0.29) is 10.7 Å². The van der Waals surface area contributed by atoms with Gasteiger partial charge in [-0.2, -0.15) is 5.10 Å². The van der Waals surface area contributed by atoms with Crippen molar-refractivity contribution in [1.29, 1.82) is 0 Å². The van der Waals surface area contributed by atoms with Crippen LogP contribution in [0.4, 0.5) is 5.82 Å². The van der Waals surface area contributed by atoms with E-state index in [2.05, 4.69) is 28.6 Å². The minimum atomic E-state index is -3.55. The summed E-state index contributed by atoms with van der Waals surface area (Å²) in [6, 6.07) is 0. The molecule has 0 saturated heterocycles. The lowest BCUT2D eigenvalue weighted by molar-refractivity contribution is 0.297. The number of sulfonamides is 1. The molecule has 0 atom stereocenters. The highest BCUT2D eigenvalue weighted by Crippen LogP contribution is 2.15. The molecule has 0 amide bonds. The molecule has 0 spiro atoms. The molecule has 1 heterocycles. The number of rotatable bonds is 9. The zero-order valence-electron chi connectivity index (χ0n) is 12.5. The molecule has 1 rings (SSSR count). The summed E-state index contributed by atoms with van der Waals surface area (Å²) in [4.78, 5) is 2.36. The lowest BCUT2D eigenvalue weighted by atomic mass is 10.3. The van der Waals surface area contributed by atoms with E-state index >= 15 is 0 Å². The minimum Gasteiger partial charge on any atom is -0.383 e. The van der Waals surface area contributed by atoms with Crippen molar-refractivity contribution in [1.82, 2.24) is 19.4 Å². The number of nitrogens with two attached hydrogens (primary N) is 1. The first-order chi connectivity index (χ1) is 9.42. The van der Waals surface area contributed by atoms with Gasteiger partial charge in [0.2, 0.25) is 10.0 Å². The van der Waals surface area contributed by atoms with Crippen LogP contribution in [0.3, 0.4) is 0 Å². The Hall–Kier alpha value is -1.12. The van der Waals surface area contributed by atoms with Gasteiger partial charge in [-0.05, 0) is 32.5 Å². The number of hydrogen-bond donors (Lipinski definition) is 2. The van der Waals surface area contributed by atoms with Crippen molar-refractivity contribution in [3.63, 3.8) is 0 Å². The fraction of sp³-hybridized carbons (Fsp3) is 0.750. The lowest BCUT2D eigenvalue weighted by Gasteiger charge is -2.17. The Bertz CT molecular complexity index is 508. The summed E-state index contributed by atoms with van der Waals surface area (Å²) in [7, 11) is -1.94. The molecule has 1 aromatic heterocycles. The number of anilines is 1. The van der Waals surface area contributed by atoms with Gasteiger partial charge in [-0.1, -0.05) is 13.8 Å². The third kappa shape index (κ3) is 4.46. The summed E-state index contributed by atoms with van der Waals surface area (Å²) in [5, 5.41) is 3.84. The van der Waals surface area contributed by atoms with Crippen LogP contribution in [0.15, 0.2) is 11.1 Å². The molecule has 1 aromatic rings. The van der Waals surface area contributed by atoms with Gasteiger partial charge in [-0.3, -0.25) is 4.68 Å². The molecule has 7 nitrogen and oxygen atoms in total. The SMILES string of the molecule is CCN(CC)CCCCNS(=O)(=O)c1cnn(C)c1N. The second-order valence-electron chi connectivity index (χ2n) is 4.65. The van der Waals surface area contributed by atoms with Crippen molar-refractivity contribution < 1.29 is 8.42 Å². The molecule has 116 valence electrons. The Morgan fingerprint density at radius 3 is 2.50 bits per heavy atom. The quantitative estimate of drug-likeness (QED) is 0.644. The predicted molar refractivity (Wildman–Crippen MR) is 79.8 cm³/mol. The molecule has 20 heavy (non-hydrogen) atoms. The van der Waals surface area contributed by atoms with Gasteiger partial charge in [0.15, 0.2) is 0 Å².